The maximum Gasteiger partial charge on any atom is 0.237 e. The summed E-state index contributed by atoms with van der Waals surface area (Å²) in [5.74, 6) is 0. The Balaban J connectivity index is 2.22. The van der Waals surface area contributed by atoms with Crippen LogP contribution in [-0.4, -0.2) is 6.04 Å². The minimum atomic E-state index is 0.487. The fourth-order valence-electron chi connectivity index (χ4n) is 1.17. The summed E-state index contributed by atoms with van der Waals surface area (Å²) in [6, 6.07) is 0.487. The van der Waals surface area contributed by atoms with Gasteiger partial charge in [0.1, 0.15) is 0 Å². The Kier molecular flexibility index (Phi) is 3.88. The molecule has 12 heavy (non-hydrogen) atoms. The lowest BCUT2D eigenvalue weighted by Crippen LogP contribution is -2.30. The van der Waals surface area contributed by atoms with Crippen LogP contribution in [0, 0.1) is 6.23 Å². The van der Waals surface area contributed by atoms with Crippen molar-refractivity contribution in [2.24, 2.45) is 0 Å². The van der Waals surface area contributed by atoms with Gasteiger partial charge in [0.2, 0.25) is 6.23 Å². The Labute approximate surface area is 74.3 Å². The summed E-state index contributed by atoms with van der Waals surface area (Å²) < 4.78 is 5.23. The molecule has 0 bridgehead atoms. The van der Waals surface area contributed by atoms with Crippen LogP contribution in [-0.2, 0) is 4.74 Å². The Morgan fingerprint density at radius 2 is 2.33 bits per heavy atom. The number of ether oxygens (including phenoxy) is 1. The molecule has 2 nitrogen and oxygen atoms in total. The van der Waals surface area contributed by atoms with E-state index in [0.29, 0.717) is 6.04 Å². The fraction of sp³-hybridized carbons (Fsp3) is 0.500. The quantitative estimate of drug-likeness (QED) is 0.692. The van der Waals surface area contributed by atoms with E-state index in [1.54, 1.807) is 6.26 Å². The minimum absolute atomic E-state index is 0.487. The van der Waals surface area contributed by atoms with Gasteiger partial charge < -0.3 is 4.74 Å². The van der Waals surface area contributed by atoms with E-state index >= 15 is 0 Å². The fourth-order valence-corrected chi connectivity index (χ4v) is 1.17. The third-order valence-electron chi connectivity index (χ3n) is 1.74. The van der Waals surface area contributed by atoms with Crippen molar-refractivity contribution in [3.05, 3.63) is 30.7 Å². The van der Waals surface area contributed by atoms with Crippen molar-refractivity contribution in [3.63, 3.8) is 0 Å². The van der Waals surface area contributed by atoms with Gasteiger partial charge in [0.05, 0.1) is 6.26 Å². The van der Waals surface area contributed by atoms with E-state index in [0.717, 1.165) is 6.23 Å². The third kappa shape index (κ3) is 3.09. The van der Waals surface area contributed by atoms with Gasteiger partial charge in [0.25, 0.3) is 0 Å². The van der Waals surface area contributed by atoms with E-state index in [-0.39, 0.29) is 0 Å². The summed E-state index contributed by atoms with van der Waals surface area (Å²) >= 11 is 0. The number of rotatable bonds is 4. The van der Waals surface area contributed by atoms with Gasteiger partial charge in [-0.05, 0) is 25.5 Å². The topological polar surface area (TPSA) is 21.3 Å². The van der Waals surface area contributed by atoms with Crippen LogP contribution in [0.1, 0.15) is 26.7 Å². The molecule has 0 aromatic carbocycles. The van der Waals surface area contributed by atoms with Crippen molar-refractivity contribution >= 4 is 0 Å². The van der Waals surface area contributed by atoms with Crippen molar-refractivity contribution in [2.75, 3.05) is 0 Å². The highest BCUT2D eigenvalue weighted by atomic mass is 16.5. The van der Waals surface area contributed by atoms with Gasteiger partial charge in [-0.1, -0.05) is 19.4 Å². The average molecular weight is 166 g/mol. The molecule has 1 radical (unpaired) electrons. The number of hydrogen-bond acceptors (Lipinski definition) is 2. The molecule has 67 valence electrons. The first-order chi connectivity index (χ1) is 5.83. The smallest absolute Gasteiger partial charge is 0.237 e. The maximum atomic E-state index is 5.23. The van der Waals surface area contributed by atoms with Crippen LogP contribution in [0.4, 0.5) is 0 Å². The van der Waals surface area contributed by atoms with Crippen molar-refractivity contribution in [3.8, 4) is 0 Å². The molecule has 1 N–H and O–H groups in total. The minimum Gasteiger partial charge on any atom is -0.471 e. The van der Waals surface area contributed by atoms with Gasteiger partial charge in [0, 0.05) is 6.04 Å². The molecule has 0 aromatic heterocycles. The summed E-state index contributed by atoms with van der Waals surface area (Å²) in [6.07, 6.45) is 10.7. The molecular weight excluding hydrogens is 150 g/mol. The van der Waals surface area contributed by atoms with Gasteiger partial charge in [-0.25, -0.2) is 0 Å². The van der Waals surface area contributed by atoms with E-state index in [4.69, 9.17) is 4.74 Å². The van der Waals surface area contributed by atoms with Crippen molar-refractivity contribution in [2.45, 2.75) is 32.7 Å². The van der Waals surface area contributed by atoms with E-state index in [2.05, 4.69) is 19.2 Å². The zero-order valence-corrected chi connectivity index (χ0v) is 7.71. The summed E-state index contributed by atoms with van der Waals surface area (Å²) in [5.41, 5.74) is 0. The van der Waals surface area contributed by atoms with Gasteiger partial charge in [-0.3, -0.25) is 5.32 Å². The van der Waals surface area contributed by atoms with E-state index in [9.17, 15) is 0 Å². The monoisotopic (exact) mass is 166 g/mol. The van der Waals surface area contributed by atoms with Crippen LogP contribution >= 0.6 is 0 Å². The highest BCUT2D eigenvalue weighted by molar-refractivity contribution is 5.14. The number of hydrogen-bond donors (Lipinski definition) is 1. The third-order valence-corrected chi connectivity index (χ3v) is 1.74. The Morgan fingerprint density at radius 3 is 2.92 bits per heavy atom. The maximum absolute atomic E-state index is 5.23. The molecule has 0 spiro atoms. The first kappa shape index (κ1) is 9.33. The molecule has 0 saturated heterocycles. The molecule has 1 aliphatic heterocycles. The molecule has 2 heteroatoms. The predicted octanol–water partition coefficient (Wildman–Crippen LogP) is 2.35. The Morgan fingerprint density at radius 1 is 1.50 bits per heavy atom. The Bertz CT molecular complexity index is 175. The second kappa shape index (κ2) is 4.99. The molecule has 0 amide bonds. The van der Waals surface area contributed by atoms with E-state index in [1.165, 1.54) is 12.8 Å². The first-order valence-electron chi connectivity index (χ1n) is 4.46. The molecule has 1 atom stereocenters. The van der Waals surface area contributed by atoms with E-state index in [1.807, 2.05) is 18.2 Å². The molecule has 1 aliphatic rings. The van der Waals surface area contributed by atoms with Crippen molar-refractivity contribution in [1.29, 1.82) is 0 Å². The van der Waals surface area contributed by atoms with Crippen molar-refractivity contribution in [1.82, 2.24) is 5.32 Å². The van der Waals surface area contributed by atoms with Crippen LogP contribution in [0.5, 0.6) is 0 Å². The lowest BCUT2D eigenvalue weighted by Gasteiger charge is -2.19. The number of nitrogens with one attached hydrogen (secondary N) is 1. The van der Waals surface area contributed by atoms with Gasteiger partial charge in [-0.2, -0.15) is 0 Å². The predicted molar refractivity (Wildman–Crippen MR) is 50.1 cm³/mol. The second-order valence-corrected chi connectivity index (χ2v) is 3.00. The average Bonchev–Trinajstić information content (AvgIpc) is 2.06. The SMILES string of the molecule is CCCC(C)N[C]1C=CC=CO1. The number of allylic oxidation sites excluding steroid dienone is 2. The molecule has 1 unspecified atom stereocenters. The van der Waals surface area contributed by atoms with Gasteiger partial charge >= 0.3 is 0 Å². The molecule has 1 heterocycles. The first-order valence-corrected chi connectivity index (χ1v) is 4.46. The van der Waals surface area contributed by atoms with Crippen molar-refractivity contribution < 1.29 is 4.74 Å². The molecule has 0 saturated carbocycles. The summed E-state index contributed by atoms with van der Waals surface area (Å²) in [4.78, 5) is 0. The van der Waals surface area contributed by atoms with Crippen LogP contribution in [0.15, 0.2) is 24.5 Å². The summed E-state index contributed by atoms with van der Waals surface area (Å²) in [5, 5.41) is 3.28. The molecular formula is C10H16NO. The highest BCUT2D eigenvalue weighted by Gasteiger charge is 2.10. The molecule has 0 aromatic rings. The zero-order chi connectivity index (χ0) is 8.81. The van der Waals surface area contributed by atoms with Crippen LogP contribution in [0.2, 0.25) is 0 Å². The van der Waals surface area contributed by atoms with Crippen LogP contribution in [0.25, 0.3) is 0 Å². The summed E-state index contributed by atoms with van der Waals surface area (Å²) in [7, 11) is 0. The van der Waals surface area contributed by atoms with Crippen LogP contribution < -0.4 is 5.32 Å². The molecule has 0 fully saturated rings. The molecule has 1 rings (SSSR count). The largest absolute Gasteiger partial charge is 0.471 e. The second-order valence-electron chi connectivity index (χ2n) is 3.00. The lowest BCUT2D eigenvalue weighted by molar-refractivity contribution is 0.233. The van der Waals surface area contributed by atoms with Gasteiger partial charge in [0.15, 0.2) is 0 Å². The van der Waals surface area contributed by atoms with Crippen LogP contribution in [0.3, 0.4) is 0 Å². The standard InChI is InChI=1S/C10H16NO/c1-3-6-9(2)11-10-7-4-5-8-12-10/h4-5,7-9,11H,3,6H2,1-2H3. The van der Waals surface area contributed by atoms with E-state index < -0.39 is 0 Å². The normalized spacial score (nSPS) is 19.2. The highest BCUT2D eigenvalue weighted by Crippen LogP contribution is 2.09. The summed E-state index contributed by atoms with van der Waals surface area (Å²) in [6.45, 7) is 4.34. The Hall–Kier alpha value is -0.760. The lowest BCUT2D eigenvalue weighted by atomic mass is 10.2. The molecule has 0 aliphatic carbocycles. The zero-order valence-electron chi connectivity index (χ0n) is 7.71. The van der Waals surface area contributed by atoms with Gasteiger partial charge in [-0.15, -0.1) is 0 Å².